The number of unbranched alkanes of at least 4 members (excludes halogenated alkanes) is 2. The zero-order chi connectivity index (χ0) is 13.8. The molecule has 2 heteroatoms. The van der Waals surface area contributed by atoms with Crippen molar-refractivity contribution in [3.05, 3.63) is 35.9 Å². The zero-order valence-electron chi connectivity index (χ0n) is 12.8. The summed E-state index contributed by atoms with van der Waals surface area (Å²) in [4.78, 5) is 5.37. The lowest BCUT2D eigenvalue weighted by Gasteiger charge is -2.21. The molecule has 0 amide bonds. The third-order valence-electron chi connectivity index (χ3n) is 4.96. The van der Waals surface area contributed by atoms with E-state index >= 15 is 0 Å². The highest BCUT2D eigenvalue weighted by atomic mass is 15.2. The van der Waals surface area contributed by atoms with Gasteiger partial charge in [0.25, 0.3) is 0 Å². The van der Waals surface area contributed by atoms with E-state index in [1.54, 1.807) is 0 Å². The maximum Gasteiger partial charge on any atom is 0.0233 e. The molecule has 3 rings (SSSR count). The third kappa shape index (κ3) is 3.42. The third-order valence-corrected chi connectivity index (χ3v) is 4.96. The lowest BCUT2D eigenvalue weighted by atomic mass is 10.0. The highest BCUT2D eigenvalue weighted by Crippen LogP contribution is 2.31. The van der Waals surface area contributed by atoms with Gasteiger partial charge >= 0.3 is 0 Å². The normalized spacial score (nSPS) is 27.1. The Morgan fingerprint density at radius 1 is 0.900 bits per heavy atom. The summed E-state index contributed by atoms with van der Waals surface area (Å²) in [5.41, 5.74) is 1.47. The fourth-order valence-corrected chi connectivity index (χ4v) is 3.93. The van der Waals surface area contributed by atoms with Crippen LogP contribution in [0.25, 0.3) is 0 Å². The van der Waals surface area contributed by atoms with Crippen LogP contribution in [0.1, 0.15) is 31.7 Å². The molecule has 0 aromatic heterocycles. The molecule has 2 nitrogen and oxygen atoms in total. The Kier molecular flexibility index (Phi) is 4.74. The molecule has 0 bridgehead atoms. The SMILES string of the molecule is CCCCCN1CC2CN(Cc3ccccc3)CC2C1. The molecule has 2 saturated heterocycles. The topological polar surface area (TPSA) is 6.48 Å². The van der Waals surface area contributed by atoms with Crippen LogP contribution in [0.4, 0.5) is 0 Å². The second-order valence-electron chi connectivity index (χ2n) is 6.67. The molecular weight excluding hydrogens is 244 g/mol. The molecule has 2 aliphatic rings. The Morgan fingerprint density at radius 3 is 2.20 bits per heavy atom. The largest absolute Gasteiger partial charge is 0.303 e. The minimum absolute atomic E-state index is 0.931. The molecule has 1 aromatic rings. The van der Waals surface area contributed by atoms with Crippen molar-refractivity contribution in [2.75, 3.05) is 32.7 Å². The molecule has 0 saturated carbocycles. The first kappa shape index (κ1) is 14.1. The summed E-state index contributed by atoms with van der Waals surface area (Å²) in [5.74, 6) is 1.86. The number of hydrogen-bond donors (Lipinski definition) is 0. The zero-order valence-corrected chi connectivity index (χ0v) is 12.8. The molecule has 0 aliphatic carbocycles. The highest BCUT2D eigenvalue weighted by Gasteiger charge is 2.39. The number of nitrogens with zero attached hydrogens (tertiary/aromatic N) is 2. The maximum absolute atomic E-state index is 2.71. The van der Waals surface area contributed by atoms with Crippen molar-refractivity contribution < 1.29 is 0 Å². The van der Waals surface area contributed by atoms with Crippen molar-refractivity contribution in [3.63, 3.8) is 0 Å². The van der Waals surface area contributed by atoms with Gasteiger partial charge in [-0.3, -0.25) is 4.90 Å². The molecule has 1 aromatic carbocycles. The standard InChI is InChI=1S/C18H28N2/c1-2-3-7-10-19-12-17-14-20(15-18(17)13-19)11-16-8-5-4-6-9-16/h4-6,8-9,17-18H,2-3,7,10-15H2,1H3. The molecule has 2 aliphatic heterocycles. The molecule has 0 spiro atoms. The lowest BCUT2D eigenvalue weighted by molar-refractivity contribution is 0.248. The Bertz CT molecular complexity index is 389. The average molecular weight is 272 g/mol. The van der Waals surface area contributed by atoms with Gasteiger partial charge < -0.3 is 4.90 Å². The van der Waals surface area contributed by atoms with Crippen molar-refractivity contribution in [2.45, 2.75) is 32.7 Å². The van der Waals surface area contributed by atoms with Gasteiger partial charge in [-0.15, -0.1) is 0 Å². The molecule has 2 unspecified atom stereocenters. The van der Waals surface area contributed by atoms with E-state index in [9.17, 15) is 0 Å². The molecule has 0 radical (unpaired) electrons. The molecule has 20 heavy (non-hydrogen) atoms. The smallest absolute Gasteiger partial charge is 0.0233 e. The summed E-state index contributed by atoms with van der Waals surface area (Å²) in [7, 11) is 0. The first-order valence-corrected chi connectivity index (χ1v) is 8.34. The number of fused-ring (bicyclic) bond motifs is 1. The van der Waals surface area contributed by atoms with E-state index in [1.165, 1.54) is 57.5 Å². The van der Waals surface area contributed by atoms with Crippen LogP contribution in [0.2, 0.25) is 0 Å². The Balaban J connectivity index is 1.44. The summed E-state index contributed by atoms with van der Waals surface area (Å²) in [6.45, 7) is 10.1. The predicted octanol–water partition coefficient (Wildman–Crippen LogP) is 3.24. The van der Waals surface area contributed by atoms with Crippen LogP contribution in [0, 0.1) is 11.8 Å². The van der Waals surface area contributed by atoms with Gasteiger partial charge in [-0.25, -0.2) is 0 Å². The first-order chi connectivity index (χ1) is 9.85. The van der Waals surface area contributed by atoms with Crippen molar-refractivity contribution in [3.8, 4) is 0 Å². The van der Waals surface area contributed by atoms with Gasteiger partial charge in [0, 0.05) is 32.7 Å². The number of benzene rings is 1. The highest BCUT2D eigenvalue weighted by molar-refractivity contribution is 5.14. The summed E-state index contributed by atoms with van der Waals surface area (Å²) in [6.07, 6.45) is 4.13. The monoisotopic (exact) mass is 272 g/mol. The number of likely N-dealkylation sites (tertiary alicyclic amines) is 2. The van der Waals surface area contributed by atoms with Gasteiger partial charge in [0.2, 0.25) is 0 Å². The Morgan fingerprint density at radius 2 is 1.55 bits per heavy atom. The van der Waals surface area contributed by atoms with Crippen molar-refractivity contribution in [1.29, 1.82) is 0 Å². The van der Waals surface area contributed by atoms with Crippen LogP contribution in [0.5, 0.6) is 0 Å². The number of hydrogen-bond acceptors (Lipinski definition) is 2. The lowest BCUT2D eigenvalue weighted by Crippen LogP contribution is -2.29. The van der Waals surface area contributed by atoms with Crippen molar-refractivity contribution in [2.24, 2.45) is 11.8 Å². The van der Waals surface area contributed by atoms with Gasteiger partial charge in [-0.05, 0) is 30.4 Å². The van der Waals surface area contributed by atoms with E-state index in [-0.39, 0.29) is 0 Å². The number of rotatable bonds is 6. The molecule has 110 valence electrons. The first-order valence-electron chi connectivity index (χ1n) is 8.34. The average Bonchev–Trinajstić information content (AvgIpc) is 2.98. The summed E-state index contributed by atoms with van der Waals surface area (Å²) in [5, 5.41) is 0. The van der Waals surface area contributed by atoms with Crippen molar-refractivity contribution in [1.82, 2.24) is 9.80 Å². The predicted molar refractivity (Wildman–Crippen MR) is 84.7 cm³/mol. The van der Waals surface area contributed by atoms with Crippen molar-refractivity contribution >= 4 is 0 Å². The van der Waals surface area contributed by atoms with E-state index in [0.29, 0.717) is 0 Å². The van der Waals surface area contributed by atoms with E-state index in [2.05, 4.69) is 47.1 Å². The second kappa shape index (κ2) is 6.73. The fourth-order valence-electron chi connectivity index (χ4n) is 3.93. The molecule has 2 heterocycles. The molecule has 2 atom stereocenters. The van der Waals surface area contributed by atoms with Gasteiger partial charge in [-0.2, -0.15) is 0 Å². The van der Waals surface area contributed by atoms with E-state index in [0.717, 1.165) is 18.4 Å². The van der Waals surface area contributed by atoms with Gasteiger partial charge in [-0.1, -0.05) is 50.1 Å². The fraction of sp³-hybridized carbons (Fsp3) is 0.667. The van der Waals surface area contributed by atoms with Crippen LogP contribution in [-0.4, -0.2) is 42.5 Å². The van der Waals surface area contributed by atoms with Gasteiger partial charge in [0.15, 0.2) is 0 Å². The van der Waals surface area contributed by atoms with E-state index in [4.69, 9.17) is 0 Å². The quantitative estimate of drug-likeness (QED) is 0.734. The second-order valence-corrected chi connectivity index (χ2v) is 6.67. The van der Waals surface area contributed by atoms with Gasteiger partial charge in [0.1, 0.15) is 0 Å². The van der Waals surface area contributed by atoms with Crippen LogP contribution in [-0.2, 0) is 6.54 Å². The minimum Gasteiger partial charge on any atom is -0.303 e. The molecule has 2 fully saturated rings. The van der Waals surface area contributed by atoms with Crippen LogP contribution >= 0.6 is 0 Å². The van der Waals surface area contributed by atoms with E-state index in [1.807, 2.05) is 0 Å². The van der Waals surface area contributed by atoms with Crippen LogP contribution < -0.4 is 0 Å². The Labute approximate surface area is 123 Å². The van der Waals surface area contributed by atoms with Crippen LogP contribution in [0.15, 0.2) is 30.3 Å². The van der Waals surface area contributed by atoms with Gasteiger partial charge in [0.05, 0.1) is 0 Å². The Hall–Kier alpha value is -0.860. The molecule has 0 N–H and O–H groups in total. The summed E-state index contributed by atoms with van der Waals surface area (Å²) in [6, 6.07) is 10.9. The summed E-state index contributed by atoms with van der Waals surface area (Å²) >= 11 is 0. The van der Waals surface area contributed by atoms with E-state index < -0.39 is 0 Å². The summed E-state index contributed by atoms with van der Waals surface area (Å²) < 4.78 is 0. The van der Waals surface area contributed by atoms with Crippen LogP contribution in [0.3, 0.4) is 0 Å². The maximum atomic E-state index is 2.71. The molecular formula is C18H28N2. The minimum atomic E-state index is 0.931.